The molecule has 0 aliphatic heterocycles. The van der Waals surface area contributed by atoms with Gasteiger partial charge in [0.1, 0.15) is 24.6 Å². The van der Waals surface area contributed by atoms with Crippen LogP contribution < -0.4 is 28.1 Å². The van der Waals surface area contributed by atoms with Crippen LogP contribution >= 0.6 is 69.6 Å². The third kappa shape index (κ3) is 11.7. The quantitative estimate of drug-likeness (QED) is 0.0581. The van der Waals surface area contributed by atoms with Gasteiger partial charge in [0.2, 0.25) is 0 Å². The molecule has 0 bridgehead atoms. The molecule has 0 fully saturated rings. The standard InChI is InChI=1S/C42H32Cl6N2O6/c43-29-5-9-35(33(47)23-29)53-37-11-7-31(45)25-39(37)55-41(51)3-1-17-49-19-13-27(14-20-49)28-15-21-50(22-16-28)18-2-4-42(52)56-40-26-32(46)8-12-38(40)54-36-10-6-30(44)24-34(36)48/h5-16,19-26H,1-4,17-18H2/q+2. The molecule has 0 unspecified atom stereocenters. The minimum absolute atomic E-state index is 0.175. The van der Waals surface area contributed by atoms with Crippen LogP contribution in [0.4, 0.5) is 0 Å². The van der Waals surface area contributed by atoms with Crippen LogP contribution in [0.1, 0.15) is 25.7 Å². The number of carbonyl (C=O) groups excluding carboxylic acids is 2. The number of esters is 2. The van der Waals surface area contributed by atoms with E-state index in [2.05, 4.69) is 0 Å². The first-order chi connectivity index (χ1) is 27.0. The lowest BCUT2D eigenvalue weighted by molar-refractivity contribution is -0.697. The molecule has 0 saturated carbocycles. The third-order valence-corrected chi connectivity index (χ3v) is 9.73. The van der Waals surface area contributed by atoms with Crippen molar-refractivity contribution >= 4 is 81.5 Å². The van der Waals surface area contributed by atoms with Gasteiger partial charge in [-0.25, -0.2) is 9.13 Å². The predicted molar refractivity (Wildman–Crippen MR) is 218 cm³/mol. The van der Waals surface area contributed by atoms with Crippen molar-refractivity contribution in [1.29, 1.82) is 0 Å². The van der Waals surface area contributed by atoms with Gasteiger partial charge >= 0.3 is 11.9 Å². The molecule has 4 aromatic carbocycles. The molecule has 8 nitrogen and oxygen atoms in total. The molecule has 2 heterocycles. The SMILES string of the molecule is O=C(CCC[n+]1ccc(-c2cc[n+](CCCC(=O)Oc3cc(Cl)ccc3Oc3ccc(Cl)cc3Cl)cc2)cc1)Oc1cc(Cl)ccc1Oc1ccc(Cl)cc1Cl. The molecule has 56 heavy (non-hydrogen) atoms. The first-order valence-corrected chi connectivity index (χ1v) is 19.5. The van der Waals surface area contributed by atoms with Crippen molar-refractivity contribution in [3.8, 4) is 45.6 Å². The minimum atomic E-state index is -0.424. The predicted octanol–water partition coefficient (Wildman–Crippen LogP) is 12.2. The number of carbonyl (C=O) groups is 2. The number of rotatable bonds is 15. The number of pyridine rings is 2. The summed E-state index contributed by atoms with van der Waals surface area (Å²) in [6.07, 6.45) is 9.31. The molecule has 0 N–H and O–H groups in total. The topological polar surface area (TPSA) is 78.8 Å². The van der Waals surface area contributed by atoms with Crippen LogP contribution in [-0.2, 0) is 22.7 Å². The molecule has 2 aromatic heterocycles. The normalized spacial score (nSPS) is 10.9. The van der Waals surface area contributed by atoms with Gasteiger partial charge in [-0.1, -0.05) is 69.6 Å². The number of nitrogens with zero attached hydrogens (tertiary/aromatic N) is 2. The molecule has 14 heteroatoms. The zero-order valence-corrected chi connectivity index (χ0v) is 33.9. The second-order valence-electron chi connectivity index (χ2n) is 12.3. The largest absolute Gasteiger partial charge is 0.452 e. The average Bonchev–Trinajstić information content (AvgIpc) is 3.16. The highest BCUT2D eigenvalue weighted by molar-refractivity contribution is 6.36. The van der Waals surface area contributed by atoms with Gasteiger partial charge in [0, 0.05) is 69.3 Å². The number of aromatic nitrogens is 2. The van der Waals surface area contributed by atoms with Crippen molar-refractivity contribution in [2.45, 2.75) is 38.8 Å². The maximum Gasteiger partial charge on any atom is 0.311 e. The Morgan fingerprint density at radius 3 is 1.12 bits per heavy atom. The second-order valence-corrected chi connectivity index (χ2v) is 14.9. The summed E-state index contributed by atoms with van der Waals surface area (Å²) in [5.41, 5.74) is 2.06. The van der Waals surface area contributed by atoms with Crippen LogP contribution in [0.2, 0.25) is 30.1 Å². The summed E-state index contributed by atoms with van der Waals surface area (Å²) in [5.74, 6) is 0.835. The van der Waals surface area contributed by atoms with E-state index in [9.17, 15) is 9.59 Å². The van der Waals surface area contributed by atoms with Gasteiger partial charge in [-0.2, -0.15) is 0 Å². The van der Waals surface area contributed by atoms with Crippen LogP contribution in [0.3, 0.4) is 0 Å². The highest BCUT2D eigenvalue weighted by atomic mass is 35.5. The van der Waals surface area contributed by atoms with Crippen LogP contribution in [0.25, 0.3) is 11.1 Å². The van der Waals surface area contributed by atoms with E-state index in [0.29, 0.717) is 79.1 Å². The van der Waals surface area contributed by atoms with E-state index in [1.54, 1.807) is 60.7 Å². The van der Waals surface area contributed by atoms with E-state index in [-0.39, 0.29) is 24.3 Å². The van der Waals surface area contributed by atoms with Crippen molar-refractivity contribution in [3.63, 3.8) is 0 Å². The van der Waals surface area contributed by atoms with Gasteiger partial charge in [-0.05, 0) is 71.8 Å². The lowest BCUT2D eigenvalue weighted by atomic mass is 10.1. The van der Waals surface area contributed by atoms with E-state index in [1.165, 1.54) is 12.1 Å². The fourth-order valence-electron chi connectivity index (χ4n) is 5.40. The third-order valence-electron chi connectivity index (χ3n) is 8.20. The second kappa shape index (κ2) is 19.6. The Bertz CT molecular complexity index is 2180. The maximum atomic E-state index is 12.8. The summed E-state index contributed by atoms with van der Waals surface area (Å²) in [6, 6.07) is 27.2. The Morgan fingerprint density at radius 1 is 0.429 bits per heavy atom. The molecular formula is C42H32Cl6N2O6+2. The lowest BCUT2D eigenvalue weighted by Gasteiger charge is -2.13. The number of benzene rings is 4. The molecule has 0 atom stereocenters. The van der Waals surface area contributed by atoms with Crippen molar-refractivity contribution in [3.05, 3.63) is 152 Å². The van der Waals surface area contributed by atoms with Crippen molar-refractivity contribution < 1.29 is 37.7 Å². The van der Waals surface area contributed by atoms with Gasteiger partial charge in [0.05, 0.1) is 22.9 Å². The van der Waals surface area contributed by atoms with E-state index in [1.807, 2.05) is 58.2 Å². The first kappa shape index (κ1) is 41.1. The van der Waals surface area contributed by atoms with E-state index in [0.717, 1.165) is 11.1 Å². The number of ether oxygens (including phenoxy) is 4. The fourth-order valence-corrected chi connectivity index (χ4v) is 6.62. The summed E-state index contributed by atoms with van der Waals surface area (Å²) in [5, 5.41) is 2.36. The molecule has 0 aliphatic rings. The Morgan fingerprint density at radius 2 is 0.768 bits per heavy atom. The van der Waals surface area contributed by atoms with Gasteiger partial charge < -0.3 is 18.9 Å². The van der Waals surface area contributed by atoms with Gasteiger partial charge in [0.15, 0.2) is 47.8 Å². The van der Waals surface area contributed by atoms with E-state index in [4.69, 9.17) is 88.6 Å². The highest BCUT2D eigenvalue weighted by Crippen LogP contribution is 2.39. The summed E-state index contributed by atoms with van der Waals surface area (Å²) >= 11 is 36.8. The Kier molecular flexibility index (Phi) is 14.4. The Labute approximate surface area is 353 Å². The molecule has 0 aliphatic carbocycles. The number of aryl methyl sites for hydroxylation is 2. The van der Waals surface area contributed by atoms with Crippen LogP contribution in [0.5, 0.6) is 34.5 Å². The maximum absolute atomic E-state index is 12.8. The Balaban J connectivity index is 0.946. The number of halogens is 6. The molecule has 286 valence electrons. The average molecular weight is 873 g/mol. The first-order valence-electron chi connectivity index (χ1n) is 17.2. The van der Waals surface area contributed by atoms with Crippen LogP contribution in [-0.4, -0.2) is 11.9 Å². The van der Waals surface area contributed by atoms with Gasteiger partial charge in [-0.15, -0.1) is 0 Å². The van der Waals surface area contributed by atoms with E-state index >= 15 is 0 Å². The van der Waals surface area contributed by atoms with Gasteiger partial charge in [0.25, 0.3) is 0 Å². The Hall–Kier alpha value is -4.54. The number of hydrogen-bond acceptors (Lipinski definition) is 6. The zero-order valence-electron chi connectivity index (χ0n) is 29.4. The monoisotopic (exact) mass is 870 g/mol. The lowest BCUT2D eigenvalue weighted by Crippen LogP contribution is -2.33. The van der Waals surface area contributed by atoms with Crippen molar-refractivity contribution in [2.75, 3.05) is 0 Å². The molecule has 0 radical (unpaired) electrons. The zero-order chi connectivity index (χ0) is 39.6. The fraction of sp³-hybridized carbons (Fsp3) is 0.143. The smallest absolute Gasteiger partial charge is 0.311 e. The number of hydrogen-bond donors (Lipinski definition) is 0. The minimum Gasteiger partial charge on any atom is -0.452 e. The summed E-state index contributed by atoms with van der Waals surface area (Å²) in [4.78, 5) is 25.5. The molecule has 6 rings (SSSR count). The molecule has 0 amide bonds. The van der Waals surface area contributed by atoms with Crippen molar-refractivity contribution in [2.24, 2.45) is 0 Å². The van der Waals surface area contributed by atoms with Crippen LogP contribution in [0, 0.1) is 0 Å². The molecular weight excluding hydrogens is 841 g/mol. The van der Waals surface area contributed by atoms with Crippen LogP contribution in [0.15, 0.2) is 122 Å². The summed E-state index contributed by atoms with van der Waals surface area (Å²) in [7, 11) is 0. The summed E-state index contributed by atoms with van der Waals surface area (Å²) in [6.45, 7) is 1.21. The summed E-state index contributed by atoms with van der Waals surface area (Å²) < 4.78 is 27.0. The molecule has 0 saturated heterocycles. The molecule has 0 spiro atoms. The van der Waals surface area contributed by atoms with E-state index < -0.39 is 11.9 Å². The van der Waals surface area contributed by atoms with Crippen molar-refractivity contribution in [1.82, 2.24) is 0 Å². The molecule has 6 aromatic rings. The highest BCUT2D eigenvalue weighted by Gasteiger charge is 2.17. The van der Waals surface area contributed by atoms with Gasteiger partial charge in [-0.3, -0.25) is 9.59 Å².